The number of amides is 1. The minimum absolute atomic E-state index is 0.104. The Kier molecular flexibility index (Phi) is 6.17. The Labute approximate surface area is 169 Å². The molecule has 2 aliphatic rings. The van der Waals surface area contributed by atoms with Gasteiger partial charge in [0.15, 0.2) is 6.04 Å². The molecule has 0 saturated carbocycles. The molecule has 156 valence electrons. The van der Waals surface area contributed by atoms with Gasteiger partial charge < -0.3 is 9.80 Å². The Bertz CT molecular complexity index is 826. The summed E-state index contributed by atoms with van der Waals surface area (Å²) in [5.74, 6) is 0.213. The number of nitrogens with zero attached hydrogens (tertiary/aromatic N) is 2. The molecular formula is C21H34N3O3S+. The molecule has 0 aliphatic carbocycles. The summed E-state index contributed by atoms with van der Waals surface area (Å²) in [6.45, 7) is 13.7. The molecule has 7 heteroatoms. The first-order chi connectivity index (χ1) is 13.1. The fraction of sp³-hybridized carbons (Fsp3) is 0.667. The van der Waals surface area contributed by atoms with Gasteiger partial charge in [-0.2, -0.15) is 4.31 Å². The average Bonchev–Trinajstić information content (AvgIpc) is 3.20. The van der Waals surface area contributed by atoms with Crippen LogP contribution < -0.4 is 4.90 Å². The van der Waals surface area contributed by atoms with Gasteiger partial charge in [-0.05, 0) is 69.7 Å². The molecule has 1 N–H and O–H groups in total. The van der Waals surface area contributed by atoms with Crippen molar-refractivity contribution in [1.29, 1.82) is 0 Å². The molecule has 2 fully saturated rings. The molecule has 2 aliphatic heterocycles. The minimum Gasteiger partial charge on any atom is -0.338 e. The summed E-state index contributed by atoms with van der Waals surface area (Å²) in [5.41, 5.74) is 3.71. The highest BCUT2D eigenvalue weighted by Crippen LogP contribution is 2.28. The van der Waals surface area contributed by atoms with Crippen molar-refractivity contribution >= 4 is 15.9 Å². The third-order valence-electron chi connectivity index (χ3n) is 6.66. The number of benzene rings is 1. The zero-order valence-corrected chi connectivity index (χ0v) is 18.7. The predicted molar refractivity (Wildman–Crippen MR) is 110 cm³/mol. The molecule has 0 spiro atoms. The average molecular weight is 409 g/mol. The van der Waals surface area contributed by atoms with Crippen LogP contribution in [-0.4, -0.2) is 68.8 Å². The second-order valence-corrected chi connectivity index (χ2v) is 10.3. The van der Waals surface area contributed by atoms with E-state index in [9.17, 15) is 13.2 Å². The first-order valence-corrected chi connectivity index (χ1v) is 11.8. The lowest BCUT2D eigenvalue weighted by Gasteiger charge is -2.35. The van der Waals surface area contributed by atoms with E-state index in [0.717, 1.165) is 48.2 Å². The molecule has 28 heavy (non-hydrogen) atoms. The van der Waals surface area contributed by atoms with E-state index in [1.807, 2.05) is 39.5 Å². The summed E-state index contributed by atoms with van der Waals surface area (Å²) < 4.78 is 28.4. The van der Waals surface area contributed by atoms with Crippen molar-refractivity contribution in [3.8, 4) is 0 Å². The van der Waals surface area contributed by atoms with Crippen LogP contribution in [0.25, 0.3) is 0 Å². The van der Waals surface area contributed by atoms with Crippen LogP contribution in [-0.2, 0) is 14.8 Å². The SMILES string of the molecule is Cc1cc(C)c(C)c(S(=O)(=O)N2CC[NH+]([C@H](C)C(=O)N3CCCC3)CC2)c1C. The number of carbonyl (C=O) groups is 1. The molecule has 2 saturated heterocycles. The van der Waals surface area contributed by atoms with Crippen molar-refractivity contribution < 1.29 is 18.1 Å². The smallest absolute Gasteiger partial charge is 0.280 e. The Morgan fingerprint density at radius 2 is 1.46 bits per heavy atom. The van der Waals surface area contributed by atoms with Gasteiger partial charge in [-0.3, -0.25) is 4.79 Å². The monoisotopic (exact) mass is 408 g/mol. The van der Waals surface area contributed by atoms with Crippen molar-refractivity contribution in [2.24, 2.45) is 0 Å². The Hall–Kier alpha value is -1.44. The van der Waals surface area contributed by atoms with Crippen molar-refractivity contribution in [3.05, 3.63) is 28.3 Å². The third kappa shape index (κ3) is 3.84. The lowest BCUT2D eigenvalue weighted by Crippen LogP contribution is -3.19. The summed E-state index contributed by atoms with van der Waals surface area (Å²) in [4.78, 5) is 16.3. The normalized spacial score (nSPS) is 20.5. The van der Waals surface area contributed by atoms with Crippen LogP contribution in [0.1, 0.15) is 42.0 Å². The zero-order chi connectivity index (χ0) is 20.6. The maximum atomic E-state index is 13.4. The molecule has 1 amide bonds. The molecule has 0 aromatic heterocycles. The summed E-state index contributed by atoms with van der Waals surface area (Å²) in [6.07, 6.45) is 2.18. The van der Waals surface area contributed by atoms with Crippen LogP contribution in [0.15, 0.2) is 11.0 Å². The zero-order valence-electron chi connectivity index (χ0n) is 17.8. The second kappa shape index (κ2) is 8.13. The molecule has 0 unspecified atom stereocenters. The number of likely N-dealkylation sites (tertiary alicyclic amines) is 1. The number of hydrogen-bond acceptors (Lipinski definition) is 3. The molecular weight excluding hydrogens is 374 g/mol. The van der Waals surface area contributed by atoms with Crippen molar-refractivity contribution in [3.63, 3.8) is 0 Å². The molecule has 0 radical (unpaired) electrons. The number of hydrogen-bond donors (Lipinski definition) is 1. The van der Waals surface area contributed by atoms with Crippen molar-refractivity contribution in [1.82, 2.24) is 9.21 Å². The van der Waals surface area contributed by atoms with Crippen LogP contribution in [0.2, 0.25) is 0 Å². The number of rotatable bonds is 4. The van der Waals surface area contributed by atoms with E-state index in [2.05, 4.69) is 6.07 Å². The fourth-order valence-corrected chi connectivity index (χ4v) is 6.55. The van der Waals surface area contributed by atoms with Crippen LogP contribution >= 0.6 is 0 Å². The van der Waals surface area contributed by atoms with E-state index >= 15 is 0 Å². The maximum absolute atomic E-state index is 13.4. The molecule has 6 nitrogen and oxygen atoms in total. The van der Waals surface area contributed by atoms with Gasteiger partial charge in [0.25, 0.3) is 5.91 Å². The summed E-state index contributed by atoms with van der Waals surface area (Å²) >= 11 is 0. The molecule has 3 rings (SSSR count). The van der Waals surface area contributed by atoms with Gasteiger partial charge in [-0.1, -0.05) is 6.07 Å². The van der Waals surface area contributed by atoms with E-state index in [1.54, 1.807) is 4.31 Å². The van der Waals surface area contributed by atoms with E-state index in [4.69, 9.17) is 0 Å². The first-order valence-electron chi connectivity index (χ1n) is 10.4. The topological polar surface area (TPSA) is 62.1 Å². The number of nitrogens with one attached hydrogen (secondary N) is 1. The quantitative estimate of drug-likeness (QED) is 0.802. The third-order valence-corrected chi connectivity index (χ3v) is 8.83. The number of sulfonamides is 1. The summed E-state index contributed by atoms with van der Waals surface area (Å²) in [6, 6.07) is 1.95. The Morgan fingerprint density at radius 3 is 1.96 bits per heavy atom. The fourth-order valence-electron chi connectivity index (χ4n) is 4.53. The van der Waals surface area contributed by atoms with Crippen molar-refractivity contribution in [2.75, 3.05) is 39.3 Å². The molecule has 2 heterocycles. The molecule has 1 aromatic rings. The van der Waals surface area contributed by atoms with Gasteiger partial charge >= 0.3 is 0 Å². The van der Waals surface area contributed by atoms with Gasteiger partial charge in [0, 0.05) is 13.1 Å². The predicted octanol–water partition coefficient (Wildman–Crippen LogP) is 0.820. The van der Waals surface area contributed by atoms with Crippen LogP contribution in [0.4, 0.5) is 0 Å². The van der Waals surface area contributed by atoms with Crippen LogP contribution in [0, 0.1) is 27.7 Å². The standard InChI is InChI=1S/C21H33N3O3S/c1-15-14-16(2)18(4)20(17(15)3)28(26,27)24-12-10-22(11-13-24)19(5)21(25)23-8-6-7-9-23/h14,19H,6-13H2,1-5H3/p+1/t19-/m1/s1. The lowest BCUT2D eigenvalue weighted by atomic mass is 10.0. The number of carbonyl (C=O) groups excluding carboxylic acids is 1. The molecule has 1 atom stereocenters. The van der Waals surface area contributed by atoms with Gasteiger partial charge in [0.05, 0.1) is 31.1 Å². The maximum Gasteiger partial charge on any atom is 0.280 e. The van der Waals surface area contributed by atoms with E-state index in [1.165, 1.54) is 4.90 Å². The van der Waals surface area contributed by atoms with E-state index in [0.29, 0.717) is 31.1 Å². The van der Waals surface area contributed by atoms with Crippen LogP contribution in [0.3, 0.4) is 0 Å². The summed E-state index contributed by atoms with van der Waals surface area (Å²) in [5, 5.41) is 0. The van der Waals surface area contributed by atoms with Gasteiger partial charge in [-0.15, -0.1) is 0 Å². The number of piperazine rings is 1. The van der Waals surface area contributed by atoms with E-state index in [-0.39, 0.29) is 11.9 Å². The highest BCUT2D eigenvalue weighted by atomic mass is 32.2. The van der Waals surface area contributed by atoms with Gasteiger partial charge in [-0.25, -0.2) is 8.42 Å². The highest BCUT2D eigenvalue weighted by molar-refractivity contribution is 7.89. The largest absolute Gasteiger partial charge is 0.338 e. The van der Waals surface area contributed by atoms with Gasteiger partial charge in [0.2, 0.25) is 10.0 Å². The Morgan fingerprint density at radius 1 is 0.964 bits per heavy atom. The highest BCUT2D eigenvalue weighted by Gasteiger charge is 2.37. The minimum atomic E-state index is -3.53. The summed E-state index contributed by atoms with van der Waals surface area (Å²) in [7, 11) is -3.53. The first kappa shape index (κ1) is 21.3. The Balaban J connectivity index is 1.73. The number of quaternary nitrogens is 1. The van der Waals surface area contributed by atoms with Crippen molar-refractivity contribution in [2.45, 2.75) is 58.4 Å². The van der Waals surface area contributed by atoms with Gasteiger partial charge in [0.1, 0.15) is 0 Å². The lowest BCUT2D eigenvalue weighted by molar-refractivity contribution is -0.918. The molecule has 0 bridgehead atoms. The molecule has 1 aromatic carbocycles. The van der Waals surface area contributed by atoms with E-state index < -0.39 is 10.0 Å². The second-order valence-electron chi connectivity index (χ2n) is 8.41. The number of aryl methyl sites for hydroxylation is 2. The van der Waals surface area contributed by atoms with Crippen LogP contribution in [0.5, 0.6) is 0 Å².